The average Bonchev–Trinajstić information content (AvgIpc) is 3.48. The Bertz CT molecular complexity index is 1110. The first kappa shape index (κ1) is 19.5. The summed E-state index contributed by atoms with van der Waals surface area (Å²) >= 11 is 0. The lowest BCUT2D eigenvalue weighted by Gasteiger charge is -2.31. The van der Waals surface area contributed by atoms with Gasteiger partial charge in [-0.3, -0.25) is 4.79 Å². The predicted molar refractivity (Wildman–Crippen MR) is 116 cm³/mol. The first-order valence-corrected chi connectivity index (χ1v) is 10.9. The van der Waals surface area contributed by atoms with Gasteiger partial charge in [0.15, 0.2) is 0 Å². The summed E-state index contributed by atoms with van der Waals surface area (Å²) < 4.78 is 7.59. The lowest BCUT2D eigenvalue weighted by Crippen LogP contribution is -2.38. The van der Waals surface area contributed by atoms with Crippen molar-refractivity contribution < 1.29 is 9.32 Å². The molecule has 3 aliphatic rings. The third-order valence-corrected chi connectivity index (χ3v) is 6.00. The van der Waals surface area contributed by atoms with E-state index in [-0.39, 0.29) is 11.9 Å². The SMILES string of the molecule is O=C(CCc1nc(-c2ccccc2)no1)NC1CCC(n2cccc3ccnc2-3)CC1. The van der Waals surface area contributed by atoms with E-state index < -0.39 is 0 Å². The fourth-order valence-electron chi connectivity index (χ4n) is 4.37. The van der Waals surface area contributed by atoms with E-state index in [2.05, 4.69) is 43.3 Å². The zero-order chi connectivity index (χ0) is 21.0. The molecular weight excluding hydrogens is 390 g/mol. The lowest BCUT2D eigenvalue weighted by atomic mass is 9.90. The number of rotatable bonds is 6. The molecular formula is C24H25N5O2. The molecule has 158 valence electrons. The average molecular weight is 415 g/mol. The van der Waals surface area contributed by atoms with Crippen LogP contribution in [0.2, 0.25) is 0 Å². The van der Waals surface area contributed by atoms with Crippen molar-refractivity contribution in [1.82, 2.24) is 25.0 Å². The minimum Gasteiger partial charge on any atom is -0.353 e. The van der Waals surface area contributed by atoms with Gasteiger partial charge >= 0.3 is 0 Å². The Hall–Kier alpha value is -3.48. The van der Waals surface area contributed by atoms with Gasteiger partial charge in [0, 0.05) is 48.4 Å². The number of amides is 1. The molecule has 0 spiro atoms. The van der Waals surface area contributed by atoms with Gasteiger partial charge in [-0.25, -0.2) is 4.98 Å². The van der Waals surface area contributed by atoms with Crippen LogP contribution in [0.3, 0.4) is 0 Å². The van der Waals surface area contributed by atoms with Crippen molar-refractivity contribution in [2.75, 3.05) is 0 Å². The Morgan fingerprint density at radius 1 is 1.03 bits per heavy atom. The van der Waals surface area contributed by atoms with E-state index in [4.69, 9.17) is 4.52 Å². The summed E-state index contributed by atoms with van der Waals surface area (Å²) in [6, 6.07) is 16.6. The Morgan fingerprint density at radius 2 is 1.84 bits per heavy atom. The molecule has 0 unspecified atom stereocenters. The van der Waals surface area contributed by atoms with E-state index in [1.807, 2.05) is 42.6 Å². The van der Waals surface area contributed by atoms with Crippen molar-refractivity contribution in [2.24, 2.45) is 0 Å². The maximum atomic E-state index is 12.4. The molecule has 31 heavy (non-hydrogen) atoms. The van der Waals surface area contributed by atoms with Crippen LogP contribution in [-0.4, -0.2) is 31.6 Å². The highest BCUT2D eigenvalue weighted by Crippen LogP contribution is 2.32. The van der Waals surface area contributed by atoms with Crippen LogP contribution in [0.15, 0.2) is 65.4 Å². The van der Waals surface area contributed by atoms with Crippen LogP contribution in [0.5, 0.6) is 0 Å². The number of fused-ring (bicyclic) bond motifs is 1. The van der Waals surface area contributed by atoms with E-state index in [0.29, 0.717) is 30.6 Å². The van der Waals surface area contributed by atoms with Gasteiger partial charge in [-0.2, -0.15) is 4.98 Å². The number of carbonyl (C=O) groups excluding carboxylic acids is 1. The maximum Gasteiger partial charge on any atom is 0.227 e. The normalized spacial score (nSPS) is 18.8. The second-order valence-electron chi connectivity index (χ2n) is 8.09. The van der Waals surface area contributed by atoms with Gasteiger partial charge in [0.1, 0.15) is 5.82 Å². The van der Waals surface area contributed by atoms with E-state index in [0.717, 1.165) is 37.1 Å². The molecule has 2 aromatic rings. The summed E-state index contributed by atoms with van der Waals surface area (Å²) in [6.07, 6.45) is 8.78. The Labute approximate surface area is 180 Å². The number of carbonyl (C=O) groups is 1. The standard InChI is InChI=1S/C24H25N5O2/c30-21(12-13-22-27-23(28-31-22)17-5-2-1-3-6-17)26-19-8-10-20(11-9-19)29-16-4-7-18-14-15-25-24(18)29/h1-7,14-16,19-20H,8-13H2,(H,26,30). The minimum absolute atomic E-state index is 0.0374. The van der Waals surface area contributed by atoms with Crippen LogP contribution < -0.4 is 5.32 Å². The summed E-state index contributed by atoms with van der Waals surface area (Å²) in [5.41, 5.74) is 2.08. The number of nitrogens with zero attached hydrogens (tertiary/aromatic N) is 4. The molecule has 1 N–H and O–H groups in total. The number of aromatic nitrogens is 4. The van der Waals surface area contributed by atoms with Crippen molar-refractivity contribution >= 4 is 5.91 Å². The quantitative estimate of drug-likeness (QED) is 0.508. The molecule has 3 heterocycles. The third-order valence-electron chi connectivity index (χ3n) is 6.00. The molecule has 2 aliphatic heterocycles. The number of hydrogen-bond acceptors (Lipinski definition) is 5. The van der Waals surface area contributed by atoms with Gasteiger partial charge < -0.3 is 14.4 Å². The van der Waals surface area contributed by atoms with E-state index in [1.165, 1.54) is 5.56 Å². The summed E-state index contributed by atoms with van der Waals surface area (Å²) in [7, 11) is 0. The minimum atomic E-state index is 0.0374. The molecule has 7 nitrogen and oxygen atoms in total. The fraction of sp³-hybridized carbons (Fsp3) is 0.333. The Balaban J connectivity index is 1.10. The summed E-state index contributed by atoms with van der Waals surface area (Å²) in [5.74, 6) is 2.13. The summed E-state index contributed by atoms with van der Waals surface area (Å²) in [6.45, 7) is 0. The largest absolute Gasteiger partial charge is 0.353 e. The highest BCUT2D eigenvalue weighted by molar-refractivity contribution is 5.76. The number of aryl methyl sites for hydroxylation is 1. The molecule has 1 saturated carbocycles. The Kier molecular flexibility index (Phi) is 5.48. The van der Waals surface area contributed by atoms with Gasteiger partial charge in [0.2, 0.25) is 17.6 Å². The highest BCUT2D eigenvalue weighted by Gasteiger charge is 2.25. The second-order valence-corrected chi connectivity index (χ2v) is 8.09. The van der Waals surface area contributed by atoms with E-state index in [9.17, 15) is 4.79 Å². The zero-order valence-corrected chi connectivity index (χ0v) is 17.3. The van der Waals surface area contributed by atoms with Crippen molar-refractivity contribution in [3.05, 3.63) is 66.8 Å². The number of hydrogen-bond donors (Lipinski definition) is 1. The fourth-order valence-corrected chi connectivity index (χ4v) is 4.37. The van der Waals surface area contributed by atoms with Crippen LogP contribution in [0, 0.1) is 0 Å². The lowest BCUT2D eigenvalue weighted by molar-refractivity contribution is -0.122. The Morgan fingerprint density at radius 3 is 2.68 bits per heavy atom. The molecule has 5 rings (SSSR count). The van der Waals surface area contributed by atoms with Crippen LogP contribution in [0.4, 0.5) is 0 Å². The molecule has 0 bridgehead atoms. The van der Waals surface area contributed by atoms with Crippen LogP contribution in [-0.2, 0) is 11.2 Å². The molecule has 1 amide bonds. The number of pyridine rings is 1. The summed E-state index contributed by atoms with van der Waals surface area (Å²) in [4.78, 5) is 21.3. The topological polar surface area (TPSA) is 85.8 Å². The maximum absolute atomic E-state index is 12.4. The third kappa shape index (κ3) is 4.35. The number of nitrogens with one attached hydrogen (secondary N) is 1. The van der Waals surface area contributed by atoms with Crippen LogP contribution in [0.1, 0.15) is 44.0 Å². The first-order chi connectivity index (χ1) is 15.3. The van der Waals surface area contributed by atoms with Crippen molar-refractivity contribution in [3.8, 4) is 22.8 Å². The first-order valence-electron chi connectivity index (χ1n) is 10.9. The summed E-state index contributed by atoms with van der Waals surface area (Å²) in [5, 5.41) is 7.19. The molecule has 0 saturated heterocycles. The smallest absolute Gasteiger partial charge is 0.227 e. The van der Waals surface area contributed by atoms with E-state index in [1.54, 1.807) is 0 Å². The highest BCUT2D eigenvalue weighted by atomic mass is 16.5. The van der Waals surface area contributed by atoms with Gasteiger partial charge in [0.25, 0.3) is 0 Å². The molecule has 0 radical (unpaired) electrons. The van der Waals surface area contributed by atoms with Crippen molar-refractivity contribution in [3.63, 3.8) is 0 Å². The van der Waals surface area contributed by atoms with Crippen molar-refractivity contribution in [1.29, 1.82) is 0 Å². The molecule has 7 heteroatoms. The number of benzene rings is 1. The second kappa shape index (κ2) is 8.71. The molecule has 1 fully saturated rings. The predicted octanol–water partition coefficient (Wildman–Crippen LogP) is 4.27. The van der Waals surface area contributed by atoms with Crippen molar-refractivity contribution in [2.45, 2.75) is 50.6 Å². The van der Waals surface area contributed by atoms with Gasteiger partial charge in [-0.05, 0) is 43.9 Å². The zero-order valence-electron chi connectivity index (χ0n) is 17.3. The van der Waals surface area contributed by atoms with Crippen LogP contribution in [0.25, 0.3) is 22.8 Å². The molecule has 1 aromatic carbocycles. The van der Waals surface area contributed by atoms with Gasteiger partial charge in [-0.1, -0.05) is 35.5 Å². The van der Waals surface area contributed by atoms with Gasteiger partial charge in [0.05, 0.1) is 0 Å². The monoisotopic (exact) mass is 415 g/mol. The molecule has 1 aliphatic carbocycles. The van der Waals surface area contributed by atoms with E-state index >= 15 is 0 Å². The molecule has 1 aromatic heterocycles. The van der Waals surface area contributed by atoms with Gasteiger partial charge in [-0.15, -0.1) is 0 Å². The van der Waals surface area contributed by atoms with Crippen LogP contribution >= 0.6 is 0 Å². The molecule has 0 atom stereocenters.